The molecule has 0 bridgehead atoms. The van der Waals surface area contributed by atoms with Crippen LogP contribution in [0.25, 0.3) is 16.7 Å². The fourth-order valence-electron chi connectivity index (χ4n) is 3.59. The molecule has 0 fully saturated rings. The SMILES string of the molecule is CNC(=O)c1cccc(NC(=O)c2ccc3c(c2)nc(C)n3-c2ccccc2)c1C. The zero-order valence-electron chi connectivity index (χ0n) is 17.1. The lowest BCUT2D eigenvalue weighted by Crippen LogP contribution is -2.20. The van der Waals surface area contributed by atoms with Gasteiger partial charge in [-0.25, -0.2) is 4.98 Å². The van der Waals surface area contributed by atoms with Crippen LogP contribution in [0.1, 0.15) is 32.1 Å². The summed E-state index contributed by atoms with van der Waals surface area (Å²) in [7, 11) is 1.58. The second kappa shape index (κ2) is 7.83. The van der Waals surface area contributed by atoms with Crippen molar-refractivity contribution in [2.45, 2.75) is 13.8 Å². The van der Waals surface area contributed by atoms with Gasteiger partial charge in [0.05, 0.1) is 11.0 Å². The fraction of sp³-hybridized carbons (Fsp3) is 0.125. The summed E-state index contributed by atoms with van der Waals surface area (Å²) in [6.07, 6.45) is 0. The molecule has 30 heavy (non-hydrogen) atoms. The van der Waals surface area contributed by atoms with Crippen LogP contribution in [0.2, 0.25) is 0 Å². The van der Waals surface area contributed by atoms with E-state index in [1.165, 1.54) is 0 Å². The van der Waals surface area contributed by atoms with Crippen molar-refractivity contribution in [1.82, 2.24) is 14.9 Å². The van der Waals surface area contributed by atoms with Crippen molar-refractivity contribution in [3.05, 3.63) is 89.2 Å². The number of rotatable bonds is 4. The molecule has 0 aliphatic heterocycles. The Bertz CT molecular complexity index is 1260. The van der Waals surface area contributed by atoms with Crippen molar-refractivity contribution in [3.63, 3.8) is 0 Å². The predicted molar refractivity (Wildman–Crippen MR) is 118 cm³/mol. The van der Waals surface area contributed by atoms with Gasteiger partial charge in [-0.05, 0) is 61.9 Å². The Kier molecular flexibility index (Phi) is 5.06. The number of carbonyl (C=O) groups is 2. The summed E-state index contributed by atoms with van der Waals surface area (Å²) in [5.41, 5.74) is 5.07. The number of para-hydroxylation sites is 1. The van der Waals surface area contributed by atoms with Gasteiger partial charge in [0.15, 0.2) is 0 Å². The first-order chi connectivity index (χ1) is 14.5. The third-order valence-electron chi connectivity index (χ3n) is 5.15. The molecule has 3 aromatic carbocycles. The van der Waals surface area contributed by atoms with E-state index in [1.54, 1.807) is 37.4 Å². The highest BCUT2D eigenvalue weighted by Gasteiger charge is 2.15. The van der Waals surface area contributed by atoms with Crippen LogP contribution in [0.4, 0.5) is 5.69 Å². The van der Waals surface area contributed by atoms with Crippen LogP contribution in [-0.2, 0) is 0 Å². The molecule has 4 aromatic rings. The lowest BCUT2D eigenvalue weighted by molar-refractivity contribution is 0.0960. The van der Waals surface area contributed by atoms with E-state index in [9.17, 15) is 9.59 Å². The molecule has 0 saturated heterocycles. The Morgan fingerprint density at radius 2 is 1.67 bits per heavy atom. The molecule has 150 valence electrons. The number of carbonyl (C=O) groups excluding carboxylic acids is 2. The number of amides is 2. The van der Waals surface area contributed by atoms with Crippen molar-refractivity contribution in [3.8, 4) is 5.69 Å². The number of imidazole rings is 1. The average Bonchev–Trinajstić information content (AvgIpc) is 3.10. The minimum atomic E-state index is -0.249. The summed E-state index contributed by atoms with van der Waals surface area (Å²) in [5.74, 6) is 0.413. The first-order valence-electron chi connectivity index (χ1n) is 9.67. The Balaban J connectivity index is 1.66. The molecule has 6 nitrogen and oxygen atoms in total. The molecule has 1 heterocycles. The molecule has 0 radical (unpaired) electrons. The van der Waals surface area contributed by atoms with Gasteiger partial charge in [0, 0.05) is 29.5 Å². The standard InChI is InChI=1S/C24H22N4O2/c1-15-19(24(30)25-3)10-7-11-20(15)27-23(29)17-12-13-22-21(14-17)26-16(2)28(22)18-8-5-4-6-9-18/h4-14H,1-3H3,(H,25,30)(H,27,29). The van der Waals surface area contributed by atoms with E-state index in [0.29, 0.717) is 16.8 Å². The van der Waals surface area contributed by atoms with Gasteiger partial charge in [0.25, 0.3) is 11.8 Å². The molecule has 6 heteroatoms. The number of hydrogen-bond acceptors (Lipinski definition) is 3. The summed E-state index contributed by atoms with van der Waals surface area (Å²) < 4.78 is 2.06. The Morgan fingerprint density at radius 3 is 2.40 bits per heavy atom. The molecule has 0 aliphatic carbocycles. The zero-order chi connectivity index (χ0) is 21.3. The highest BCUT2D eigenvalue weighted by molar-refractivity contribution is 6.07. The van der Waals surface area contributed by atoms with Gasteiger partial charge in [-0.3, -0.25) is 14.2 Å². The van der Waals surface area contributed by atoms with Gasteiger partial charge >= 0.3 is 0 Å². The summed E-state index contributed by atoms with van der Waals surface area (Å²) in [6, 6.07) is 20.7. The van der Waals surface area contributed by atoms with E-state index < -0.39 is 0 Å². The summed E-state index contributed by atoms with van der Waals surface area (Å²) >= 11 is 0. The maximum absolute atomic E-state index is 12.9. The van der Waals surface area contributed by atoms with Gasteiger partial charge < -0.3 is 10.6 Å². The van der Waals surface area contributed by atoms with Crippen LogP contribution in [0.3, 0.4) is 0 Å². The summed E-state index contributed by atoms with van der Waals surface area (Å²) in [6.45, 7) is 3.76. The fourth-order valence-corrected chi connectivity index (χ4v) is 3.59. The van der Waals surface area contributed by atoms with Crippen LogP contribution < -0.4 is 10.6 Å². The topological polar surface area (TPSA) is 76.0 Å². The molecule has 0 atom stereocenters. The first kappa shape index (κ1) is 19.4. The average molecular weight is 398 g/mol. The minimum Gasteiger partial charge on any atom is -0.355 e. The third-order valence-corrected chi connectivity index (χ3v) is 5.15. The first-order valence-corrected chi connectivity index (χ1v) is 9.67. The van der Waals surface area contributed by atoms with Crippen molar-refractivity contribution in [2.24, 2.45) is 0 Å². The number of aryl methyl sites for hydroxylation is 1. The summed E-state index contributed by atoms with van der Waals surface area (Å²) in [4.78, 5) is 29.5. The van der Waals surface area contributed by atoms with E-state index in [4.69, 9.17) is 0 Å². The van der Waals surface area contributed by atoms with Gasteiger partial charge in [0.1, 0.15) is 5.82 Å². The van der Waals surface area contributed by atoms with Crippen LogP contribution in [0.5, 0.6) is 0 Å². The molecular formula is C24H22N4O2. The molecular weight excluding hydrogens is 376 g/mol. The highest BCUT2D eigenvalue weighted by Crippen LogP contribution is 2.24. The maximum Gasteiger partial charge on any atom is 0.255 e. The largest absolute Gasteiger partial charge is 0.355 e. The summed E-state index contributed by atoms with van der Waals surface area (Å²) in [5, 5.41) is 5.52. The molecule has 0 aliphatic rings. The van der Waals surface area contributed by atoms with Gasteiger partial charge in [-0.15, -0.1) is 0 Å². The lowest BCUT2D eigenvalue weighted by atomic mass is 10.1. The number of nitrogens with zero attached hydrogens (tertiary/aromatic N) is 2. The highest BCUT2D eigenvalue weighted by atomic mass is 16.2. The number of benzene rings is 3. The second-order valence-corrected chi connectivity index (χ2v) is 7.04. The van der Waals surface area contributed by atoms with E-state index in [0.717, 1.165) is 28.1 Å². The lowest BCUT2D eigenvalue weighted by Gasteiger charge is -2.12. The van der Waals surface area contributed by atoms with Gasteiger partial charge in [0.2, 0.25) is 0 Å². The molecule has 0 unspecified atom stereocenters. The monoisotopic (exact) mass is 398 g/mol. The Labute approximate surface area is 174 Å². The molecule has 1 aromatic heterocycles. The molecule has 0 saturated carbocycles. The maximum atomic E-state index is 12.9. The number of anilines is 1. The van der Waals surface area contributed by atoms with Crippen molar-refractivity contribution in [1.29, 1.82) is 0 Å². The molecule has 0 spiro atoms. The Morgan fingerprint density at radius 1 is 0.900 bits per heavy atom. The predicted octanol–water partition coefficient (Wildman–Crippen LogP) is 4.25. The van der Waals surface area contributed by atoms with Crippen LogP contribution in [0, 0.1) is 13.8 Å². The van der Waals surface area contributed by atoms with Gasteiger partial charge in [-0.1, -0.05) is 24.3 Å². The minimum absolute atomic E-state index is 0.188. The van der Waals surface area contributed by atoms with E-state index in [-0.39, 0.29) is 11.8 Å². The van der Waals surface area contributed by atoms with Crippen molar-refractivity contribution in [2.75, 3.05) is 12.4 Å². The van der Waals surface area contributed by atoms with Crippen LogP contribution in [0.15, 0.2) is 66.7 Å². The van der Waals surface area contributed by atoms with E-state index in [1.807, 2.05) is 50.2 Å². The smallest absolute Gasteiger partial charge is 0.255 e. The van der Waals surface area contributed by atoms with Crippen LogP contribution in [-0.4, -0.2) is 28.4 Å². The van der Waals surface area contributed by atoms with Crippen molar-refractivity contribution < 1.29 is 9.59 Å². The van der Waals surface area contributed by atoms with E-state index in [2.05, 4.69) is 20.2 Å². The number of aromatic nitrogens is 2. The zero-order valence-corrected chi connectivity index (χ0v) is 17.1. The van der Waals surface area contributed by atoms with Crippen LogP contribution >= 0.6 is 0 Å². The third kappa shape index (κ3) is 3.43. The quantitative estimate of drug-likeness (QED) is 0.539. The molecule has 4 rings (SSSR count). The number of fused-ring (bicyclic) bond motifs is 1. The number of hydrogen-bond donors (Lipinski definition) is 2. The molecule has 2 amide bonds. The van der Waals surface area contributed by atoms with Gasteiger partial charge in [-0.2, -0.15) is 0 Å². The Hall–Kier alpha value is -3.93. The van der Waals surface area contributed by atoms with E-state index >= 15 is 0 Å². The normalized spacial score (nSPS) is 10.8. The molecule has 2 N–H and O–H groups in total. The second-order valence-electron chi connectivity index (χ2n) is 7.04. The van der Waals surface area contributed by atoms with Crippen molar-refractivity contribution >= 4 is 28.5 Å². The number of nitrogens with one attached hydrogen (secondary N) is 2.